The molecule has 0 saturated carbocycles. The number of anilines is 2. The summed E-state index contributed by atoms with van der Waals surface area (Å²) in [6.45, 7) is 8.03. The summed E-state index contributed by atoms with van der Waals surface area (Å²) in [6.07, 6.45) is 4.83. The number of pyridine rings is 1. The minimum Gasteiger partial charge on any atom is -0.356 e. The molecule has 2 heterocycles. The lowest BCUT2D eigenvalue weighted by molar-refractivity contribution is -0.115. The first-order valence-corrected chi connectivity index (χ1v) is 15.2. The number of para-hydroxylation sites is 1. The minimum absolute atomic E-state index is 0.179. The van der Waals surface area contributed by atoms with E-state index in [0.29, 0.717) is 39.9 Å². The minimum atomic E-state index is -3.87. The number of carbonyl (C=O) groups excluding carboxylic acids is 1. The number of sulfonamides is 1. The van der Waals surface area contributed by atoms with Crippen molar-refractivity contribution in [3.8, 4) is 11.8 Å². The molecule has 1 N–H and O–H groups in total. The molecule has 3 aromatic rings. The first-order chi connectivity index (χ1) is 19.1. The number of aryl methyl sites for hydroxylation is 3. The van der Waals surface area contributed by atoms with Crippen LogP contribution in [0, 0.1) is 38.5 Å². The molecule has 0 atom stereocenters. The van der Waals surface area contributed by atoms with Crippen molar-refractivity contribution in [3.63, 3.8) is 0 Å². The summed E-state index contributed by atoms with van der Waals surface area (Å²) < 4.78 is 28.1. The van der Waals surface area contributed by atoms with E-state index in [1.165, 1.54) is 16.9 Å². The fourth-order valence-electron chi connectivity index (χ4n) is 4.96. The highest BCUT2D eigenvalue weighted by Crippen LogP contribution is 2.30. The number of piperidine rings is 1. The second-order valence-corrected chi connectivity index (χ2v) is 12.6. The molecule has 2 aromatic carbocycles. The molecule has 1 fully saturated rings. The van der Waals surface area contributed by atoms with Crippen molar-refractivity contribution in [1.29, 1.82) is 0 Å². The number of hydrogen-bond donors (Lipinski definition) is 1. The molecule has 1 aliphatic rings. The van der Waals surface area contributed by atoms with Crippen LogP contribution in [0.1, 0.15) is 41.5 Å². The lowest BCUT2D eigenvalue weighted by Gasteiger charge is -2.33. The molecule has 0 aliphatic carbocycles. The second-order valence-electron chi connectivity index (χ2n) is 10.2. The van der Waals surface area contributed by atoms with Crippen LogP contribution in [0.15, 0.2) is 59.6 Å². The maximum atomic E-state index is 13.5. The van der Waals surface area contributed by atoms with Gasteiger partial charge in [-0.2, -0.15) is 0 Å². The van der Waals surface area contributed by atoms with Crippen LogP contribution in [0.5, 0.6) is 0 Å². The zero-order valence-corrected chi connectivity index (χ0v) is 24.9. The van der Waals surface area contributed by atoms with Gasteiger partial charge in [0.05, 0.1) is 10.6 Å². The van der Waals surface area contributed by atoms with E-state index in [0.717, 1.165) is 38.2 Å². The maximum Gasteiger partial charge on any atom is 0.296 e. The lowest BCUT2D eigenvalue weighted by Crippen LogP contribution is -2.36. The molecule has 0 spiro atoms. The molecule has 210 valence electrons. The van der Waals surface area contributed by atoms with Gasteiger partial charge in [0.2, 0.25) is 0 Å². The number of carbonyl (C=O) groups is 1. The standard InChI is InChI=1S/C31H35ClN4O3S/c1-22-8-7-16-34-31(22)36-18-14-25(15-19-36)13-17-33-30(37)12-11-26-9-5-6-10-28(26)35(4)40(38,39)29-21-23(2)27(32)20-24(29)3/h5-10,16,20-21,25H,13-15,17-19H2,1-4H3,(H,33,37). The van der Waals surface area contributed by atoms with E-state index in [2.05, 4.69) is 40.0 Å². The Hall–Kier alpha value is -3.54. The third-order valence-corrected chi connectivity index (χ3v) is 9.70. The van der Waals surface area contributed by atoms with E-state index in [1.807, 2.05) is 12.3 Å². The van der Waals surface area contributed by atoms with Crippen molar-refractivity contribution < 1.29 is 13.2 Å². The maximum absolute atomic E-state index is 13.5. The fourth-order valence-corrected chi connectivity index (χ4v) is 6.69. The first kappa shape index (κ1) is 29.4. The van der Waals surface area contributed by atoms with Gasteiger partial charge in [-0.15, -0.1) is 0 Å². The molecule has 1 aliphatic heterocycles. The monoisotopic (exact) mass is 578 g/mol. The van der Waals surface area contributed by atoms with Crippen molar-refractivity contribution in [2.75, 3.05) is 35.9 Å². The van der Waals surface area contributed by atoms with Crippen molar-refractivity contribution in [3.05, 3.63) is 82.0 Å². The van der Waals surface area contributed by atoms with Crippen molar-refractivity contribution >= 4 is 39.0 Å². The third-order valence-electron chi connectivity index (χ3n) is 7.38. The number of hydrogen-bond acceptors (Lipinski definition) is 5. The molecule has 1 amide bonds. The van der Waals surface area contributed by atoms with Crippen molar-refractivity contribution in [1.82, 2.24) is 10.3 Å². The SMILES string of the molecule is Cc1cc(S(=O)(=O)N(C)c2ccccc2C#CC(=O)NCCC2CCN(c3ncccc3C)CC2)c(C)cc1Cl. The number of aromatic nitrogens is 1. The lowest BCUT2D eigenvalue weighted by atomic mass is 9.93. The summed E-state index contributed by atoms with van der Waals surface area (Å²) in [4.78, 5) is 19.5. The van der Waals surface area contributed by atoms with Gasteiger partial charge in [0.1, 0.15) is 5.82 Å². The van der Waals surface area contributed by atoms with Crippen LogP contribution in [-0.2, 0) is 14.8 Å². The average molecular weight is 579 g/mol. The molecule has 1 saturated heterocycles. The number of nitrogens with zero attached hydrogens (tertiary/aromatic N) is 3. The molecular weight excluding hydrogens is 544 g/mol. The first-order valence-electron chi connectivity index (χ1n) is 13.4. The largest absolute Gasteiger partial charge is 0.356 e. The highest BCUT2D eigenvalue weighted by molar-refractivity contribution is 7.92. The van der Waals surface area contributed by atoms with E-state index in [4.69, 9.17) is 11.6 Å². The van der Waals surface area contributed by atoms with Crippen LogP contribution in [-0.4, -0.2) is 46.0 Å². The molecular formula is C31H35ClN4O3S. The number of amides is 1. The molecule has 0 unspecified atom stereocenters. The summed E-state index contributed by atoms with van der Waals surface area (Å²) in [6, 6.07) is 14.2. The Balaban J connectivity index is 1.35. The average Bonchev–Trinajstić information content (AvgIpc) is 2.94. The molecule has 4 rings (SSSR count). The van der Waals surface area contributed by atoms with Crippen LogP contribution >= 0.6 is 11.6 Å². The Morgan fingerprint density at radius 1 is 1.07 bits per heavy atom. The van der Waals surface area contributed by atoms with Gasteiger partial charge in [0.25, 0.3) is 15.9 Å². The Labute approximate surface area is 242 Å². The number of nitrogens with one attached hydrogen (secondary N) is 1. The Morgan fingerprint density at radius 2 is 1.80 bits per heavy atom. The second kappa shape index (κ2) is 12.8. The van der Waals surface area contributed by atoms with Crippen LogP contribution in [0.25, 0.3) is 0 Å². The van der Waals surface area contributed by atoms with Crippen LogP contribution in [0.2, 0.25) is 5.02 Å². The van der Waals surface area contributed by atoms with Gasteiger partial charge in [0.15, 0.2) is 0 Å². The van der Waals surface area contributed by atoms with Crippen LogP contribution in [0.4, 0.5) is 11.5 Å². The summed E-state index contributed by atoms with van der Waals surface area (Å²) in [7, 11) is -2.39. The van der Waals surface area contributed by atoms with Crippen LogP contribution < -0.4 is 14.5 Å². The smallest absolute Gasteiger partial charge is 0.296 e. The Kier molecular flexibility index (Phi) is 9.39. The molecule has 0 radical (unpaired) electrons. The highest BCUT2D eigenvalue weighted by atomic mass is 35.5. The Bertz CT molecular complexity index is 1550. The fraction of sp³-hybridized carbons (Fsp3) is 0.355. The van der Waals surface area contributed by atoms with E-state index in [-0.39, 0.29) is 10.8 Å². The van der Waals surface area contributed by atoms with E-state index < -0.39 is 10.0 Å². The van der Waals surface area contributed by atoms with E-state index in [9.17, 15) is 13.2 Å². The van der Waals surface area contributed by atoms with Gasteiger partial charge in [-0.1, -0.05) is 35.7 Å². The van der Waals surface area contributed by atoms with Crippen LogP contribution in [0.3, 0.4) is 0 Å². The van der Waals surface area contributed by atoms with Gasteiger partial charge >= 0.3 is 0 Å². The zero-order valence-electron chi connectivity index (χ0n) is 23.4. The van der Waals surface area contributed by atoms with Crippen molar-refractivity contribution in [2.45, 2.75) is 44.9 Å². The molecule has 7 nitrogen and oxygen atoms in total. The van der Waals surface area contributed by atoms with Gasteiger partial charge in [-0.25, -0.2) is 13.4 Å². The number of rotatable bonds is 7. The van der Waals surface area contributed by atoms with E-state index in [1.54, 1.807) is 50.2 Å². The molecule has 40 heavy (non-hydrogen) atoms. The highest BCUT2D eigenvalue weighted by Gasteiger charge is 2.25. The normalized spacial score (nSPS) is 13.9. The van der Waals surface area contributed by atoms with Crippen molar-refractivity contribution in [2.24, 2.45) is 5.92 Å². The van der Waals surface area contributed by atoms with Gasteiger partial charge < -0.3 is 10.2 Å². The number of halogens is 1. The Morgan fingerprint density at radius 3 is 2.52 bits per heavy atom. The summed E-state index contributed by atoms with van der Waals surface area (Å²) in [5, 5.41) is 3.41. The quantitative estimate of drug-likeness (QED) is 0.387. The number of benzene rings is 2. The zero-order chi connectivity index (χ0) is 28.9. The van der Waals surface area contributed by atoms with Gasteiger partial charge in [-0.3, -0.25) is 9.10 Å². The molecule has 9 heteroatoms. The van der Waals surface area contributed by atoms with E-state index >= 15 is 0 Å². The summed E-state index contributed by atoms with van der Waals surface area (Å²) in [5.41, 5.74) is 3.27. The molecule has 1 aromatic heterocycles. The molecule has 0 bridgehead atoms. The van der Waals surface area contributed by atoms with Gasteiger partial charge in [-0.05, 0) is 93.0 Å². The summed E-state index contributed by atoms with van der Waals surface area (Å²) in [5.74, 6) is 6.71. The topological polar surface area (TPSA) is 82.6 Å². The predicted octanol–water partition coefficient (Wildman–Crippen LogP) is 5.26. The van der Waals surface area contributed by atoms with Gasteiger partial charge in [0, 0.05) is 49.4 Å². The third kappa shape index (κ3) is 6.78. The summed E-state index contributed by atoms with van der Waals surface area (Å²) >= 11 is 6.17. The predicted molar refractivity (Wildman–Crippen MR) is 161 cm³/mol.